The zero-order chi connectivity index (χ0) is 10.1. The molecule has 0 bridgehead atoms. The summed E-state index contributed by atoms with van der Waals surface area (Å²) in [6, 6.07) is 2.93. The third kappa shape index (κ3) is 2.20. The first-order valence-corrected chi connectivity index (χ1v) is 6.82. The van der Waals surface area contributed by atoms with E-state index in [1.165, 1.54) is 27.1 Å². The van der Waals surface area contributed by atoms with Gasteiger partial charge in [-0.1, -0.05) is 6.92 Å². The summed E-state index contributed by atoms with van der Waals surface area (Å²) >= 11 is 5.48. The number of hydrogen-bond acceptors (Lipinski definition) is 2. The maximum atomic E-state index is 3.60. The predicted octanol–water partition coefficient (Wildman–Crippen LogP) is 3.88. The summed E-state index contributed by atoms with van der Waals surface area (Å²) in [5, 5.41) is 3.59. The first-order valence-electron chi connectivity index (χ1n) is 5.21. The van der Waals surface area contributed by atoms with Gasteiger partial charge in [0.05, 0.1) is 3.79 Å². The Morgan fingerprint density at radius 3 is 2.79 bits per heavy atom. The van der Waals surface area contributed by atoms with Gasteiger partial charge < -0.3 is 5.32 Å². The van der Waals surface area contributed by atoms with E-state index in [9.17, 15) is 0 Å². The van der Waals surface area contributed by atoms with Crippen LogP contribution in [0.25, 0.3) is 0 Å². The lowest BCUT2D eigenvalue weighted by Crippen LogP contribution is -2.21. The van der Waals surface area contributed by atoms with Crippen LogP contribution in [0.5, 0.6) is 0 Å². The van der Waals surface area contributed by atoms with Crippen molar-refractivity contribution in [2.45, 2.75) is 32.7 Å². The normalized spacial score (nSPS) is 18.5. The van der Waals surface area contributed by atoms with Crippen LogP contribution in [0.2, 0.25) is 0 Å². The lowest BCUT2D eigenvalue weighted by molar-refractivity contribution is 0.503. The SMILES string of the molecule is CCNC(c1cc(C)c(Br)s1)C1CC1. The van der Waals surface area contributed by atoms with Gasteiger partial charge in [0, 0.05) is 10.9 Å². The van der Waals surface area contributed by atoms with Crippen LogP contribution in [0.1, 0.15) is 36.2 Å². The highest BCUT2D eigenvalue weighted by Crippen LogP contribution is 2.44. The highest BCUT2D eigenvalue weighted by Gasteiger charge is 2.32. The van der Waals surface area contributed by atoms with Gasteiger partial charge >= 0.3 is 0 Å². The lowest BCUT2D eigenvalue weighted by Gasteiger charge is -2.14. The zero-order valence-electron chi connectivity index (χ0n) is 8.64. The molecule has 0 spiro atoms. The Labute approximate surface area is 98.0 Å². The van der Waals surface area contributed by atoms with Gasteiger partial charge in [0.25, 0.3) is 0 Å². The molecule has 1 unspecified atom stereocenters. The lowest BCUT2D eigenvalue weighted by atomic mass is 10.1. The standard InChI is InChI=1S/C11H16BrNS/c1-3-13-10(8-4-5-8)9-6-7(2)11(12)14-9/h6,8,10,13H,3-5H2,1-2H3. The highest BCUT2D eigenvalue weighted by molar-refractivity contribution is 9.11. The molecule has 1 N–H and O–H groups in total. The van der Waals surface area contributed by atoms with Crippen molar-refractivity contribution in [1.82, 2.24) is 5.32 Å². The smallest absolute Gasteiger partial charge is 0.0731 e. The number of hydrogen-bond donors (Lipinski definition) is 1. The first kappa shape index (κ1) is 10.7. The minimum Gasteiger partial charge on any atom is -0.309 e. The van der Waals surface area contributed by atoms with E-state index in [1.54, 1.807) is 0 Å². The van der Waals surface area contributed by atoms with Crippen LogP contribution in [-0.2, 0) is 0 Å². The van der Waals surface area contributed by atoms with E-state index in [2.05, 4.69) is 41.2 Å². The molecule has 1 saturated carbocycles. The Kier molecular flexibility index (Phi) is 3.30. The van der Waals surface area contributed by atoms with E-state index in [-0.39, 0.29) is 0 Å². The molecular weight excluding hydrogens is 258 g/mol. The third-order valence-corrected chi connectivity index (χ3v) is 4.92. The van der Waals surface area contributed by atoms with Gasteiger partial charge in [0.15, 0.2) is 0 Å². The van der Waals surface area contributed by atoms with Gasteiger partial charge in [-0.15, -0.1) is 11.3 Å². The van der Waals surface area contributed by atoms with Crippen LogP contribution in [0, 0.1) is 12.8 Å². The second-order valence-electron chi connectivity index (χ2n) is 3.98. The van der Waals surface area contributed by atoms with Crippen molar-refractivity contribution in [3.05, 3.63) is 20.3 Å². The molecule has 14 heavy (non-hydrogen) atoms. The molecule has 1 fully saturated rings. The Morgan fingerprint density at radius 2 is 2.36 bits per heavy atom. The molecule has 0 aliphatic heterocycles. The molecule has 2 rings (SSSR count). The average Bonchev–Trinajstić information content (AvgIpc) is 2.91. The molecule has 1 aromatic heterocycles. The molecular formula is C11H16BrNS. The largest absolute Gasteiger partial charge is 0.309 e. The van der Waals surface area contributed by atoms with Crippen molar-refractivity contribution >= 4 is 27.3 Å². The molecule has 1 atom stereocenters. The molecule has 1 heterocycles. The number of thiophene rings is 1. The van der Waals surface area contributed by atoms with E-state index in [0.717, 1.165) is 12.5 Å². The first-order chi connectivity index (χ1) is 6.72. The van der Waals surface area contributed by atoms with Crippen LogP contribution >= 0.6 is 27.3 Å². The quantitative estimate of drug-likeness (QED) is 0.878. The van der Waals surface area contributed by atoms with Crippen molar-refractivity contribution in [2.24, 2.45) is 5.92 Å². The van der Waals surface area contributed by atoms with Gasteiger partial charge in [-0.05, 0) is 59.8 Å². The Bertz CT molecular complexity index is 298. The second kappa shape index (κ2) is 4.33. The maximum Gasteiger partial charge on any atom is 0.0731 e. The van der Waals surface area contributed by atoms with Crippen molar-refractivity contribution in [3.8, 4) is 0 Å². The summed E-state index contributed by atoms with van der Waals surface area (Å²) in [7, 11) is 0. The minimum absolute atomic E-state index is 0.606. The van der Waals surface area contributed by atoms with E-state index in [4.69, 9.17) is 0 Å². The number of nitrogens with one attached hydrogen (secondary N) is 1. The van der Waals surface area contributed by atoms with Gasteiger partial charge in [-0.3, -0.25) is 0 Å². The summed E-state index contributed by atoms with van der Waals surface area (Å²) in [6.45, 7) is 5.42. The van der Waals surface area contributed by atoms with E-state index in [1.807, 2.05) is 11.3 Å². The molecule has 0 radical (unpaired) electrons. The molecule has 0 amide bonds. The summed E-state index contributed by atoms with van der Waals surface area (Å²) in [5.74, 6) is 0.889. The predicted molar refractivity (Wildman–Crippen MR) is 65.9 cm³/mol. The topological polar surface area (TPSA) is 12.0 Å². The molecule has 1 aliphatic carbocycles. The fourth-order valence-corrected chi connectivity index (χ4v) is 3.53. The second-order valence-corrected chi connectivity index (χ2v) is 6.38. The molecule has 1 aromatic rings. The van der Waals surface area contributed by atoms with Crippen molar-refractivity contribution in [2.75, 3.05) is 6.54 Å². The number of aryl methyl sites for hydroxylation is 1. The highest BCUT2D eigenvalue weighted by atomic mass is 79.9. The maximum absolute atomic E-state index is 3.60. The van der Waals surface area contributed by atoms with Crippen molar-refractivity contribution in [3.63, 3.8) is 0 Å². The molecule has 3 heteroatoms. The number of halogens is 1. The monoisotopic (exact) mass is 273 g/mol. The zero-order valence-corrected chi connectivity index (χ0v) is 11.0. The van der Waals surface area contributed by atoms with Gasteiger partial charge in [-0.2, -0.15) is 0 Å². The van der Waals surface area contributed by atoms with E-state index in [0.29, 0.717) is 6.04 Å². The Hall–Kier alpha value is 0.140. The van der Waals surface area contributed by atoms with Crippen molar-refractivity contribution in [1.29, 1.82) is 0 Å². The molecule has 1 nitrogen and oxygen atoms in total. The van der Waals surface area contributed by atoms with Gasteiger partial charge in [-0.25, -0.2) is 0 Å². The molecule has 0 saturated heterocycles. The Morgan fingerprint density at radius 1 is 1.64 bits per heavy atom. The van der Waals surface area contributed by atoms with E-state index >= 15 is 0 Å². The van der Waals surface area contributed by atoms with Crippen LogP contribution in [0.15, 0.2) is 9.85 Å². The van der Waals surface area contributed by atoms with E-state index < -0.39 is 0 Å². The summed E-state index contributed by atoms with van der Waals surface area (Å²) in [6.07, 6.45) is 2.79. The Balaban J connectivity index is 2.16. The van der Waals surface area contributed by atoms with Crippen LogP contribution in [-0.4, -0.2) is 6.54 Å². The summed E-state index contributed by atoms with van der Waals surface area (Å²) in [5.41, 5.74) is 1.37. The molecule has 78 valence electrons. The number of rotatable bonds is 4. The van der Waals surface area contributed by atoms with Crippen LogP contribution < -0.4 is 5.32 Å². The van der Waals surface area contributed by atoms with Crippen LogP contribution in [0.4, 0.5) is 0 Å². The summed E-state index contributed by atoms with van der Waals surface area (Å²) < 4.78 is 1.29. The summed E-state index contributed by atoms with van der Waals surface area (Å²) in [4.78, 5) is 1.50. The third-order valence-electron chi connectivity index (χ3n) is 2.70. The van der Waals surface area contributed by atoms with Crippen LogP contribution in [0.3, 0.4) is 0 Å². The van der Waals surface area contributed by atoms with Gasteiger partial charge in [0.2, 0.25) is 0 Å². The molecule has 1 aliphatic rings. The fourth-order valence-electron chi connectivity index (χ4n) is 1.79. The van der Waals surface area contributed by atoms with Crippen molar-refractivity contribution < 1.29 is 0 Å². The van der Waals surface area contributed by atoms with Gasteiger partial charge in [0.1, 0.15) is 0 Å². The average molecular weight is 274 g/mol. The molecule has 0 aromatic carbocycles. The fraction of sp³-hybridized carbons (Fsp3) is 0.636. The minimum atomic E-state index is 0.606.